The van der Waals surface area contributed by atoms with Gasteiger partial charge in [-0.3, -0.25) is 18.6 Å². The van der Waals surface area contributed by atoms with Crippen LogP contribution in [0.2, 0.25) is 0 Å². The van der Waals surface area contributed by atoms with Crippen LogP contribution >= 0.6 is 11.8 Å². The number of thioether (sulfide) groups is 1. The van der Waals surface area contributed by atoms with Gasteiger partial charge in [0.15, 0.2) is 5.16 Å². The van der Waals surface area contributed by atoms with Gasteiger partial charge < -0.3 is 14.8 Å². The topological polar surface area (TPSA) is 99.8 Å². The number of nitrogens with one attached hydrogen (secondary N) is 1. The second-order valence-corrected chi connectivity index (χ2v) is 8.37. The Balaban J connectivity index is 1.57. The van der Waals surface area contributed by atoms with E-state index in [0.717, 1.165) is 0 Å². The fourth-order valence-corrected chi connectivity index (χ4v) is 4.25. The van der Waals surface area contributed by atoms with E-state index in [1.165, 1.54) is 52.1 Å². The van der Waals surface area contributed by atoms with Crippen LogP contribution in [0.15, 0.2) is 64.8 Å². The van der Waals surface area contributed by atoms with Crippen molar-refractivity contribution < 1.29 is 18.7 Å². The van der Waals surface area contributed by atoms with E-state index in [-0.39, 0.29) is 11.6 Å². The van der Waals surface area contributed by atoms with E-state index >= 15 is 0 Å². The minimum Gasteiger partial charge on any atom is -0.497 e. The van der Waals surface area contributed by atoms with Gasteiger partial charge in [-0.15, -0.1) is 10.2 Å². The standard InChI is InChI=1S/C23H22FN5O4S/c1-4-19(21(30)25-17-10-9-16(32-2)13-18(17)33-3)34-23-27-26-20-22(31)28(11-12-29(20)23)15-7-5-14(24)6-8-15/h5-13,19H,4H2,1-3H3,(H,25,30)/t19-/m0/s1. The van der Waals surface area contributed by atoms with Gasteiger partial charge in [0.2, 0.25) is 11.6 Å². The average molecular weight is 484 g/mol. The van der Waals surface area contributed by atoms with E-state index in [4.69, 9.17) is 9.47 Å². The molecule has 34 heavy (non-hydrogen) atoms. The first-order valence-electron chi connectivity index (χ1n) is 10.4. The second-order valence-electron chi connectivity index (χ2n) is 7.20. The van der Waals surface area contributed by atoms with Gasteiger partial charge in [0.05, 0.1) is 25.2 Å². The Morgan fingerprint density at radius 1 is 1.12 bits per heavy atom. The Bertz CT molecular complexity index is 1390. The molecule has 4 aromatic rings. The monoisotopic (exact) mass is 483 g/mol. The van der Waals surface area contributed by atoms with Crippen LogP contribution in [0.25, 0.3) is 11.3 Å². The van der Waals surface area contributed by atoms with Crippen LogP contribution in [-0.2, 0) is 4.79 Å². The van der Waals surface area contributed by atoms with E-state index in [1.807, 2.05) is 6.92 Å². The van der Waals surface area contributed by atoms with Gasteiger partial charge in [-0.25, -0.2) is 4.39 Å². The lowest BCUT2D eigenvalue weighted by Crippen LogP contribution is -2.25. The zero-order valence-corrected chi connectivity index (χ0v) is 19.5. The highest BCUT2D eigenvalue weighted by molar-refractivity contribution is 8.00. The number of hydrogen-bond donors (Lipinski definition) is 1. The molecule has 0 aliphatic carbocycles. The number of hydrogen-bond acceptors (Lipinski definition) is 7. The predicted molar refractivity (Wildman–Crippen MR) is 127 cm³/mol. The number of halogens is 1. The largest absolute Gasteiger partial charge is 0.497 e. The molecule has 1 amide bonds. The second kappa shape index (κ2) is 9.96. The van der Waals surface area contributed by atoms with Crippen molar-refractivity contribution in [2.24, 2.45) is 0 Å². The van der Waals surface area contributed by atoms with E-state index in [1.54, 1.807) is 37.7 Å². The van der Waals surface area contributed by atoms with Crippen molar-refractivity contribution in [2.75, 3.05) is 19.5 Å². The van der Waals surface area contributed by atoms with Crippen LogP contribution in [0.3, 0.4) is 0 Å². The van der Waals surface area contributed by atoms with Crippen molar-refractivity contribution in [3.8, 4) is 17.2 Å². The molecule has 9 nitrogen and oxygen atoms in total. The number of carbonyl (C=O) groups is 1. The lowest BCUT2D eigenvalue weighted by molar-refractivity contribution is -0.115. The summed E-state index contributed by atoms with van der Waals surface area (Å²) in [5.74, 6) is 0.446. The molecular formula is C23H22FN5O4S. The zero-order chi connectivity index (χ0) is 24.2. The third-order valence-electron chi connectivity index (χ3n) is 5.12. The third kappa shape index (κ3) is 4.60. The van der Waals surface area contributed by atoms with E-state index in [0.29, 0.717) is 34.5 Å². The van der Waals surface area contributed by atoms with Crippen LogP contribution in [0, 0.1) is 5.82 Å². The molecule has 4 rings (SSSR count). The van der Waals surface area contributed by atoms with Gasteiger partial charge in [0.1, 0.15) is 17.3 Å². The van der Waals surface area contributed by atoms with Gasteiger partial charge in [-0.1, -0.05) is 18.7 Å². The molecule has 2 aromatic carbocycles. The summed E-state index contributed by atoms with van der Waals surface area (Å²) < 4.78 is 26.7. The Kier molecular flexibility index (Phi) is 6.82. The molecule has 0 aliphatic heterocycles. The summed E-state index contributed by atoms with van der Waals surface area (Å²) in [5, 5.41) is 10.9. The molecule has 0 bridgehead atoms. The zero-order valence-electron chi connectivity index (χ0n) is 18.7. The van der Waals surface area contributed by atoms with Crippen LogP contribution < -0.4 is 20.3 Å². The van der Waals surface area contributed by atoms with Crippen LogP contribution in [0.4, 0.5) is 10.1 Å². The van der Waals surface area contributed by atoms with Crippen LogP contribution in [0.5, 0.6) is 11.5 Å². The first-order chi connectivity index (χ1) is 16.4. The quantitative estimate of drug-likeness (QED) is 0.383. The van der Waals surface area contributed by atoms with Crippen molar-refractivity contribution in [2.45, 2.75) is 23.8 Å². The molecule has 176 valence electrons. The lowest BCUT2D eigenvalue weighted by Gasteiger charge is -2.16. The molecule has 2 aromatic heterocycles. The first-order valence-corrected chi connectivity index (χ1v) is 11.2. The van der Waals surface area contributed by atoms with E-state index in [2.05, 4.69) is 15.5 Å². The van der Waals surface area contributed by atoms with Gasteiger partial charge >= 0.3 is 5.56 Å². The summed E-state index contributed by atoms with van der Waals surface area (Å²) in [4.78, 5) is 25.9. The van der Waals surface area contributed by atoms with Crippen molar-refractivity contribution in [3.63, 3.8) is 0 Å². The lowest BCUT2D eigenvalue weighted by atomic mass is 10.2. The third-order valence-corrected chi connectivity index (χ3v) is 6.44. The number of amides is 1. The molecule has 0 spiro atoms. The normalized spacial score (nSPS) is 11.9. The molecule has 0 fully saturated rings. The maximum Gasteiger partial charge on any atom is 0.300 e. The number of benzene rings is 2. The summed E-state index contributed by atoms with van der Waals surface area (Å²) >= 11 is 1.20. The summed E-state index contributed by atoms with van der Waals surface area (Å²) in [6, 6.07) is 10.7. The van der Waals surface area contributed by atoms with Crippen molar-refractivity contribution >= 4 is 29.0 Å². The van der Waals surface area contributed by atoms with Crippen molar-refractivity contribution in [1.82, 2.24) is 19.2 Å². The molecule has 11 heteroatoms. The van der Waals surface area contributed by atoms with Gasteiger partial charge in [0, 0.05) is 24.1 Å². The fraction of sp³-hybridized carbons (Fsp3) is 0.217. The molecule has 0 radical (unpaired) electrons. The number of carbonyl (C=O) groups excluding carboxylic acids is 1. The summed E-state index contributed by atoms with van der Waals surface area (Å²) in [6.45, 7) is 1.88. The minimum atomic E-state index is -0.501. The number of aromatic nitrogens is 4. The van der Waals surface area contributed by atoms with Gasteiger partial charge in [-0.05, 0) is 42.8 Å². The number of fused-ring (bicyclic) bond motifs is 1. The molecular weight excluding hydrogens is 461 g/mol. The Morgan fingerprint density at radius 3 is 2.56 bits per heavy atom. The van der Waals surface area contributed by atoms with Gasteiger partial charge in [0.25, 0.3) is 0 Å². The predicted octanol–water partition coefficient (Wildman–Crippen LogP) is 3.55. The van der Waals surface area contributed by atoms with Crippen LogP contribution in [-0.4, -0.2) is 44.5 Å². The minimum absolute atomic E-state index is 0.0985. The highest BCUT2D eigenvalue weighted by Gasteiger charge is 2.23. The van der Waals surface area contributed by atoms with Crippen molar-refractivity contribution in [3.05, 3.63) is 71.0 Å². The molecule has 1 N–H and O–H groups in total. The number of ether oxygens (including phenoxy) is 2. The van der Waals surface area contributed by atoms with Gasteiger partial charge in [-0.2, -0.15) is 0 Å². The molecule has 0 saturated carbocycles. The highest BCUT2D eigenvalue weighted by atomic mass is 32.2. The molecule has 2 heterocycles. The smallest absolute Gasteiger partial charge is 0.300 e. The summed E-state index contributed by atoms with van der Waals surface area (Å²) in [7, 11) is 3.06. The van der Waals surface area contributed by atoms with Crippen molar-refractivity contribution in [1.29, 1.82) is 0 Å². The highest BCUT2D eigenvalue weighted by Crippen LogP contribution is 2.31. The Hall–Kier alpha value is -3.86. The number of methoxy groups -OCH3 is 2. The summed E-state index contributed by atoms with van der Waals surface area (Å²) in [5.41, 5.74) is 0.710. The number of nitrogens with zero attached hydrogens (tertiary/aromatic N) is 4. The SMILES string of the molecule is CC[C@H](Sc1nnc2c(=O)n(-c3ccc(F)cc3)ccn12)C(=O)Nc1ccc(OC)cc1OC. The first kappa shape index (κ1) is 23.3. The number of rotatable bonds is 8. The number of anilines is 1. The molecule has 1 atom stereocenters. The average Bonchev–Trinajstić information content (AvgIpc) is 3.27. The Morgan fingerprint density at radius 2 is 1.88 bits per heavy atom. The van der Waals surface area contributed by atoms with E-state index in [9.17, 15) is 14.0 Å². The Labute approximate surface area is 198 Å². The summed E-state index contributed by atoms with van der Waals surface area (Å²) in [6.07, 6.45) is 3.70. The maximum absolute atomic E-state index is 13.2. The van der Waals surface area contributed by atoms with Crippen LogP contribution in [0.1, 0.15) is 13.3 Å². The molecule has 0 saturated heterocycles. The molecule has 0 unspecified atom stereocenters. The molecule has 0 aliphatic rings. The maximum atomic E-state index is 13.2. The van der Waals surface area contributed by atoms with E-state index < -0.39 is 16.6 Å². The fourth-order valence-electron chi connectivity index (χ4n) is 3.32.